The summed E-state index contributed by atoms with van der Waals surface area (Å²) in [4.78, 5) is 20.4. The molecule has 0 heterocycles. The standard InChI is InChI=1S/3C37H31N3/c1-38(34-24-14-26-36(28-34)39(30-16-6-2-7-17-30)31-18-8-3-9-19-31)35-25-15-27-37(29-35)40(32-20-10-4-11-21-32)33-22-12-5-13-23-33;1-38(30-25-27-35(28-26-30)39(31-15-6-2-7-16-31)32-17-8-3-9-18-32)36-23-14-24-37(29-36)40(33-19-10-4-11-20-33)34-21-12-5-13-22-34;1-38(30-22-26-36(27-23-30)39(32-14-6-2-7-15-32)33-16-8-3-9-17-33)31-24-28-37(29-25-31)40(34-18-10-4-11-19-34)35-20-12-5-13-21-35/h3*2-29H,1H3. The number of para-hydroxylation sites is 12. The van der Waals surface area contributed by atoms with Gasteiger partial charge in [-0.25, -0.2) is 0 Å². The predicted molar refractivity (Wildman–Crippen MR) is 511 cm³/mol. The van der Waals surface area contributed by atoms with Crippen molar-refractivity contribution in [1.29, 1.82) is 0 Å². The molecule has 0 N–H and O–H groups in total. The molecule has 18 aromatic rings. The van der Waals surface area contributed by atoms with Gasteiger partial charge in [0.25, 0.3) is 0 Å². The van der Waals surface area contributed by atoms with E-state index in [0.29, 0.717) is 0 Å². The minimum atomic E-state index is 1.10. The van der Waals surface area contributed by atoms with E-state index in [-0.39, 0.29) is 0 Å². The second kappa shape index (κ2) is 38.5. The average Bonchev–Trinajstić information content (AvgIpc) is 0.778. The lowest BCUT2D eigenvalue weighted by molar-refractivity contribution is 1.19. The summed E-state index contributed by atoms with van der Waals surface area (Å²) in [6, 6.07) is 178. The fraction of sp³-hybridized carbons (Fsp3) is 0.0270. The van der Waals surface area contributed by atoms with Gasteiger partial charge in [0.15, 0.2) is 0 Å². The smallest absolute Gasteiger partial charge is 0.0482 e. The van der Waals surface area contributed by atoms with Crippen LogP contribution in [0.15, 0.2) is 510 Å². The van der Waals surface area contributed by atoms with E-state index in [0.717, 1.165) is 136 Å². The van der Waals surface area contributed by atoms with Crippen LogP contribution < -0.4 is 44.1 Å². The van der Waals surface area contributed by atoms with Crippen LogP contribution >= 0.6 is 0 Å². The van der Waals surface area contributed by atoms with Crippen LogP contribution in [-0.4, -0.2) is 21.1 Å². The predicted octanol–water partition coefficient (Wildman–Crippen LogP) is 31.2. The van der Waals surface area contributed by atoms with Crippen molar-refractivity contribution >= 4 is 136 Å². The van der Waals surface area contributed by atoms with Gasteiger partial charge in [0.05, 0.1) is 0 Å². The molecule has 0 fully saturated rings. The van der Waals surface area contributed by atoms with Gasteiger partial charge in [-0.15, -0.1) is 0 Å². The van der Waals surface area contributed by atoms with Gasteiger partial charge >= 0.3 is 0 Å². The van der Waals surface area contributed by atoms with Crippen LogP contribution in [0, 0.1) is 0 Å². The number of hydrogen-bond donors (Lipinski definition) is 0. The molecule has 0 aliphatic carbocycles. The number of benzene rings is 18. The minimum absolute atomic E-state index is 1.10. The number of nitrogens with zero attached hydrogens (tertiary/aromatic N) is 9. The Morgan fingerprint density at radius 2 is 0.192 bits per heavy atom. The third-order valence-corrected chi connectivity index (χ3v) is 21.1. The summed E-state index contributed by atoms with van der Waals surface area (Å²) < 4.78 is 0. The Balaban J connectivity index is 0.000000134. The molecule has 582 valence electrons. The number of rotatable bonds is 24. The molecular formula is C111H93N9. The zero-order valence-electron chi connectivity index (χ0n) is 67.5. The van der Waals surface area contributed by atoms with E-state index in [1.807, 2.05) is 0 Å². The van der Waals surface area contributed by atoms with Crippen molar-refractivity contribution in [2.75, 3.05) is 65.2 Å². The lowest BCUT2D eigenvalue weighted by atomic mass is 10.1. The van der Waals surface area contributed by atoms with E-state index in [9.17, 15) is 0 Å². The van der Waals surface area contributed by atoms with Crippen LogP contribution in [0.4, 0.5) is 136 Å². The van der Waals surface area contributed by atoms with Gasteiger partial charge in [-0.2, -0.15) is 0 Å². The van der Waals surface area contributed by atoms with Gasteiger partial charge in [0, 0.05) is 158 Å². The van der Waals surface area contributed by atoms with Gasteiger partial charge in [-0.05, 0) is 273 Å². The Hall–Kier alpha value is -15.8. The van der Waals surface area contributed by atoms with E-state index in [2.05, 4.69) is 575 Å². The van der Waals surface area contributed by atoms with Gasteiger partial charge < -0.3 is 44.1 Å². The molecule has 18 aromatic carbocycles. The van der Waals surface area contributed by atoms with Crippen LogP contribution in [0.1, 0.15) is 0 Å². The van der Waals surface area contributed by atoms with Gasteiger partial charge in [0.1, 0.15) is 0 Å². The summed E-state index contributed by atoms with van der Waals surface area (Å²) >= 11 is 0. The largest absolute Gasteiger partial charge is 0.345 e. The lowest BCUT2D eigenvalue weighted by Gasteiger charge is -2.29. The van der Waals surface area contributed by atoms with Crippen molar-refractivity contribution in [3.05, 3.63) is 510 Å². The maximum absolute atomic E-state index is 2.29. The Morgan fingerprint density at radius 1 is 0.0917 bits per heavy atom. The van der Waals surface area contributed by atoms with Gasteiger partial charge in [0.2, 0.25) is 0 Å². The topological polar surface area (TPSA) is 29.2 Å². The maximum Gasteiger partial charge on any atom is 0.0482 e. The van der Waals surface area contributed by atoms with Crippen LogP contribution in [-0.2, 0) is 0 Å². The maximum atomic E-state index is 2.29. The summed E-state index contributed by atoms with van der Waals surface area (Å²) in [7, 11) is 6.36. The Kier molecular flexibility index (Phi) is 25.1. The highest BCUT2D eigenvalue weighted by molar-refractivity contribution is 5.86. The second-order valence-corrected chi connectivity index (χ2v) is 28.8. The average molecular weight is 1550 g/mol. The minimum Gasteiger partial charge on any atom is -0.345 e. The van der Waals surface area contributed by atoms with E-state index >= 15 is 0 Å². The van der Waals surface area contributed by atoms with E-state index < -0.39 is 0 Å². The van der Waals surface area contributed by atoms with Crippen LogP contribution in [0.2, 0.25) is 0 Å². The fourth-order valence-electron chi connectivity index (χ4n) is 15.1. The Bertz CT molecular complexity index is 5630. The molecule has 0 aromatic heterocycles. The summed E-state index contributed by atoms with van der Waals surface area (Å²) in [6.45, 7) is 0. The normalized spacial score (nSPS) is 10.6. The molecule has 0 radical (unpaired) electrons. The first-order valence-corrected chi connectivity index (χ1v) is 40.6. The first kappa shape index (κ1) is 78.1. The van der Waals surface area contributed by atoms with Crippen molar-refractivity contribution in [2.24, 2.45) is 0 Å². The van der Waals surface area contributed by atoms with Gasteiger partial charge in [-0.1, -0.05) is 237 Å². The molecule has 9 heteroatoms. The first-order valence-electron chi connectivity index (χ1n) is 40.6. The molecule has 9 nitrogen and oxygen atoms in total. The van der Waals surface area contributed by atoms with Gasteiger partial charge in [-0.3, -0.25) is 0 Å². The second-order valence-electron chi connectivity index (χ2n) is 28.8. The van der Waals surface area contributed by atoms with Crippen molar-refractivity contribution in [2.45, 2.75) is 0 Å². The molecule has 0 aliphatic heterocycles. The highest BCUT2D eigenvalue weighted by Gasteiger charge is 2.21. The zero-order chi connectivity index (χ0) is 81.4. The number of hydrogen-bond acceptors (Lipinski definition) is 9. The Labute approximate surface area is 706 Å². The third-order valence-electron chi connectivity index (χ3n) is 21.1. The summed E-state index contributed by atoms with van der Waals surface area (Å²) in [5.41, 5.74) is 26.9. The molecule has 0 bridgehead atoms. The zero-order valence-corrected chi connectivity index (χ0v) is 67.5. The summed E-state index contributed by atoms with van der Waals surface area (Å²) in [6.07, 6.45) is 0. The monoisotopic (exact) mass is 1550 g/mol. The SMILES string of the molecule is CN(c1ccc(N(c2ccccc2)c2ccccc2)cc1)c1ccc(N(c2ccccc2)c2ccccc2)cc1.CN(c1ccc(N(c2ccccc2)c2ccccc2)cc1)c1cccc(N(c2ccccc2)c2ccccc2)c1.CN(c1cccc(N(c2ccccc2)c2ccccc2)c1)c1cccc(N(c2ccccc2)c2ccccc2)c1. The molecule has 0 amide bonds. The first-order chi connectivity index (χ1) is 59.3. The molecule has 0 saturated carbocycles. The lowest BCUT2D eigenvalue weighted by Crippen LogP contribution is -2.14. The quantitative estimate of drug-likeness (QED) is 0.0587. The fourth-order valence-corrected chi connectivity index (χ4v) is 15.1. The van der Waals surface area contributed by atoms with Crippen molar-refractivity contribution < 1.29 is 0 Å². The highest BCUT2D eigenvalue weighted by atomic mass is 15.2. The molecule has 0 spiro atoms. The van der Waals surface area contributed by atoms with Crippen molar-refractivity contribution in [3.8, 4) is 0 Å². The molecule has 18 rings (SSSR count). The Morgan fingerprint density at radius 3 is 0.350 bits per heavy atom. The van der Waals surface area contributed by atoms with Crippen molar-refractivity contribution in [3.63, 3.8) is 0 Å². The summed E-state index contributed by atoms with van der Waals surface area (Å²) in [5.74, 6) is 0. The molecule has 0 atom stereocenters. The molecule has 0 saturated heterocycles. The third kappa shape index (κ3) is 18.7. The molecule has 0 unspecified atom stereocenters. The summed E-state index contributed by atoms with van der Waals surface area (Å²) in [5, 5.41) is 0. The van der Waals surface area contributed by atoms with Crippen molar-refractivity contribution in [1.82, 2.24) is 0 Å². The molecular weight excluding hydrogens is 1460 g/mol. The molecule has 0 aliphatic rings. The van der Waals surface area contributed by atoms with Crippen LogP contribution in [0.5, 0.6) is 0 Å². The number of anilines is 24. The van der Waals surface area contributed by atoms with Crippen LogP contribution in [0.3, 0.4) is 0 Å². The van der Waals surface area contributed by atoms with Crippen LogP contribution in [0.25, 0.3) is 0 Å². The van der Waals surface area contributed by atoms with E-state index in [1.54, 1.807) is 0 Å². The van der Waals surface area contributed by atoms with E-state index in [4.69, 9.17) is 0 Å². The molecule has 120 heavy (non-hydrogen) atoms. The highest BCUT2D eigenvalue weighted by Crippen LogP contribution is 2.45. The van der Waals surface area contributed by atoms with E-state index in [1.165, 1.54) is 0 Å².